The number of ether oxygens (including phenoxy) is 3. The van der Waals surface area contributed by atoms with Crippen LogP contribution in [-0.4, -0.2) is 37.2 Å². The average molecular weight is 506 g/mol. The van der Waals surface area contributed by atoms with Gasteiger partial charge in [-0.3, -0.25) is 0 Å². The molecule has 1 aliphatic heterocycles. The fourth-order valence-corrected chi connectivity index (χ4v) is 2.37. The summed E-state index contributed by atoms with van der Waals surface area (Å²) in [7, 11) is 0. The molecule has 152 valence electrons. The average Bonchev–Trinajstić information content (AvgIpc) is 2.90. The van der Waals surface area contributed by atoms with E-state index in [4.69, 9.17) is 19.9 Å². The molecule has 7 nitrogen and oxygen atoms in total. The third kappa shape index (κ3) is 6.66. The Morgan fingerprint density at radius 3 is 2.79 bits per heavy atom. The van der Waals surface area contributed by atoms with E-state index in [1.807, 2.05) is 12.1 Å². The number of hydrogen-bond donors (Lipinski definition) is 2. The van der Waals surface area contributed by atoms with Crippen molar-refractivity contribution < 1.29 is 23.0 Å². The number of guanidine groups is 1. The van der Waals surface area contributed by atoms with Crippen molar-refractivity contribution in [3.05, 3.63) is 42.1 Å². The van der Waals surface area contributed by atoms with Crippen LogP contribution in [0.15, 0.2) is 41.4 Å². The highest BCUT2D eigenvalue weighted by Crippen LogP contribution is 2.32. The molecule has 2 heterocycles. The molecular weight excluding hydrogens is 485 g/mol. The lowest BCUT2D eigenvalue weighted by molar-refractivity contribution is 0.0795. The summed E-state index contributed by atoms with van der Waals surface area (Å²) in [6.45, 7) is 0.689. The number of halogens is 3. The predicted octanol–water partition coefficient (Wildman–Crippen LogP) is 3.43. The number of nitrogens with zero attached hydrogens (tertiary/aromatic N) is 2. The number of alkyl halides is 2. The molecule has 1 aliphatic rings. The topological polar surface area (TPSA) is 91.0 Å². The van der Waals surface area contributed by atoms with Gasteiger partial charge in [0.1, 0.15) is 0 Å². The fourth-order valence-electron chi connectivity index (χ4n) is 2.37. The molecule has 0 atom stereocenters. The van der Waals surface area contributed by atoms with Gasteiger partial charge in [-0.2, -0.15) is 0 Å². The Morgan fingerprint density at radius 1 is 1.21 bits per heavy atom. The van der Waals surface area contributed by atoms with Crippen molar-refractivity contribution >= 4 is 35.6 Å². The summed E-state index contributed by atoms with van der Waals surface area (Å²) >= 11 is 0. The summed E-state index contributed by atoms with van der Waals surface area (Å²) in [4.78, 5) is 8.31. The Bertz CT molecular complexity index is 808. The van der Waals surface area contributed by atoms with E-state index in [1.54, 1.807) is 18.2 Å². The highest BCUT2D eigenvalue weighted by molar-refractivity contribution is 14.0. The fraction of sp³-hybridized carbons (Fsp3) is 0.333. The van der Waals surface area contributed by atoms with Gasteiger partial charge in [-0.05, 0) is 18.2 Å². The van der Waals surface area contributed by atoms with Gasteiger partial charge in [0.05, 0.1) is 25.5 Å². The summed E-state index contributed by atoms with van der Waals surface area (Å²) in [5.74, 6) is 1.65. The summed E-state index contributed by atoms with van der Waals surface area (Å²) in [6.07, 6.45) is -1.72. The minimum Gasteiger partial charge on any atom is -0.490 e. The van der Waals surface area contributed by atoms with Crippen molar-refractivity contribution in [2.24, 2.45) is 10.7 Å². The molecule has 0 saturated carbocycles. The summed E-state index contributed by atoms with van der Waals surface area (Å²) in [5.41, 5.74) is 7.16. The molecule has 0 unspecified atom stereocenters. The Labute approximate surface area is 178 Å². The number of nitrogens with one attached hydrogen (secondary N) is 1. The van der Waals surface area contributed by atoms with Crippen LogP contribution in [-0.2, 0) is 6.54 Å². The van der Waals surface area contributed by atoms with E-state index in [1.165, 1.54) is 6.07 Å². The second kappa shape index (κ2) is 10.8. The first-order chi connectivity index (χ1) is 13.1. The number of aliphatic imine (C=N–C) groups is 1. The van der Waals surface area contributed by atoms with Gasteiger partial charge >= 0.3 is 0 Å². The van der Waals surface area contributed by atoms with E-state index in [-0.39, 0.29) is 42.4 Å². The van der Waals surface area contributed by atoms with Gasteiger partial charge in [0, 0.05) is 24.2 Å². The Hall–Kier alpha value is -2.37. The number of nitrogens with two attached hydrogens (primary N) is 1. The Balaban J connectivity index is 0.00000280. The second-order valence-electron chi connectivity index (χ2n) is 5.71. The second-order valence-corrected chi connectivity index (χ2v) is 5.71. The van der Waals surface area contributed by atoms with E-state index in [2.05, 4.69) is 15.3 Å². The monoisotopic (exact) mass is 506 g/mol. The Morgan fingerprint density at radius 2 is 2.00 bits per heavy atom. The van der Waals surface area contributed by atoms with Crippen LogP contribution in [0.4, 0.5) is 14.5 Å². The molecule has 0 spiro atoms. The number of hydrogen-bond acceptors (Lipinski definition) is 5. The van der Waals surface area contributed by atoms with Crippen LogP contribution in [0.2, 0.25) is 0 Å². The molecule has 0 saturated heterocycles. The third-order valence-electron chi connectivity index (χ3n) is 3.57. The zero-order chi connectivity index (χ0) is 19.1. The number of aromatic nitrogens is 1. The zero-order valence-corrected chi connectivity index (χ0v) is 17.3. The molecule has 3 rings (SSSR count). The van der Waals surface area contributed by atoms with Crippen LogP contribution in [0.1, 0.15) is 12.1 Å². The quantitative estimate of drug-likeness (QED) is 0.355. The van der Waals surface area contributed by atoms with Crippen LogP contribution in [0.25, 0.3) is 0 Å². The number of fused-ring (bicyclic) bond motifs is 1. The molecule has 1 aromatic carbocycles. The summed E-state index contributed by atoms with van der Waals surface area (Å²) in [6, 6.07) is 10.3. The standard InChI is InChI=1S/C18H20F2N4O3.HI/c19-16(20)11-27-17-4-1-3-13(23-17)10-22-18(21)24-12-5-6-14-15(9-12)26-8-2-7-25-14;/h1,3-6,9,16H,2,7-8,10-11H2,(H3,21,22,24);1H. The van der Waals surface area contributed by atoms with Gasteiger partial charge in [0.25, 0.3) is 6.43 Å². The van der Waals surface area contributed by atoms with Gasteiger partial charge in [-0.1, -0.05) is 6.07 Å². The maximum atomic E-state index is 12.2. The van der Waals surface area contributed by atoms with Gasteiger partial charge < -0.3 is 25.3 Å². The van der Waals surface area contributed by atoms with E-state index < -0.39 is 13.0 Å². The van der Waals surface area contributed by atoms with Gasteiger partial charge in [0.15, 0.2) is 24.1 Å². The van der Waals surface area contributed by atoms with E-state index in [0.29, 0.717) is 36.1 Å². The number of rotatable bonds is 6. The van der Waals surface area contributed by atoms with E-state index in [0.717, 1.165) is 6.42 Å². The van der Waals surface area contributed by atoms with Gasteiger partial charge in [0.2, 0.25) is 5.88 Å². The van der Waals surface area contributed by atoms with Gasteiger partial charge in [-0.25, -0.2) is 18.8 Å². The molecule has 0 fully saturated rings. The SMILES string of the molecule is I.NC(=NCc1cccc(OCC(F)F)n1)Nc1ccc2c(c1)OCCCO2. The highest BCUT2D eigenvalue weighted by atomic mass is 127. The van der Waals surface area contributed by atoms with Crippen LogP contribution in [0.5, 0.6) is 17.4 Å². The van der Waals surface area contributed by atoms with Crippen LogP contribution in [0, 0.1) is 0 Å². The van der Waals surface area contributed by atoms with E-state index >= 15 is 0 Å². The maximum Gasteiger partial charge on any atom is 0.272 e. The predicted molar refractivity (Wildman–Crippen MR) is 112 cm³/mol. The smallest absolute Gasteiger partial charge is 0.272 e. The Kier molecular flexibility index (Phi) is 8.48. The zero-order valence-electron chi connectivity index (χ0n) is 14.9. The first-order valence-corrected chi connectivity index (χ1v) is 8.43. The number of benzene rings is 1. The molecule has 0 bridgehead atoms. The lowest BCUT2D eigenvalue weighted by Gasteiger charge is -2.11. The van der Waals surface area contributed by atoms with Crippen LogP contribution < -0.4 is 25.3 Å². The number of anilines is 1. The van der Waals surface area contributed by atoms with Crippen molar-refractivity contribution in [1.82, 2.24) is 4.98 Å². The third-order valence-corrected chi connectivity index (χ3v) is 3.57. The minimum absolute atomic E-state index is 0. The highest BCUT2D eigenvalue weighted by Gasteiger charge is 2.11. The first-order valence-electron chi connectivity index (χ1n) is 8.43. The van der Waals surface area contributed by atoms with Crippen molar-refractivity contribution in [3.63, 3.8) is 0 Å². The lowest BCUT2D eigenvalue weighted by atomic mass is 10.3. The molecule has 0 aliphatic carbocycles. The van der Waals surface area contributed by atoms with Crippen molar-refractivity contribution in [1.29, 1.82) is 0 Å². The molecular formula is C18H21F2IN4O3. The molecule has 1 aromatic heterocycles. The van der Waals surface area contributed by atoms with Crippen molar-refractivity contribution in [3.8, 4) is 17.4 Å². The molecule has 28 heavy (non-hydrogen) atoms. The molecule has 2 aromatic rings. The van der Waals surface area contributed by atoms with Crippen molar-refractivity contribution in [2.75, 3.05) is 25.1 Å². The number of pyridine rings is 1. The summed E-state index contributed by atoms with van der Waals surface area (Å²) in [5, 5.41) is 2.97. The van der Waals surface area contributed by atoms with Crippen molar-refractivity contribution in [2.45, 2.75) is 19.4 Å². The molecule has 0 amide bonds. The van der Waals surface area contributed by atoms with Crippen LogP contribution >= 0.6 is 24.0 Å². The lowest BCUT2D eigenvalue weighted by Crippen LogP contribution is -2.22. The first kappa shape index (κ1) is 21.9. The van der Waals surface area contributed by atoms with E-state index in [9.17, 15) is 8.78 Å². The largest absolute Gasteiger partial charge is 0.490 e. The normalized spacial score (nSPS) is 13.5. The molecule has 10 heteroatoms. The molecule has 3 N–H and O–H groups in total. The molecule has 0 radical (unpaired) electrons. The maximum absolute atomic E-state index is 12.2. The summed E-state index contributed by atoms with van der Waals surface area (Å²) < 4.78 is 40.5. The van der Waals surface area contributed by atoms with Crippen LogP contribution in [0.3, 0.4) is 0 Å². The van der Waals surface area contributed by atoms with Gasteiger partial charge in [-0.15, -0.1) is 24.0 Å². The minimum atomic E-state index is -2.55.